The number of nitrogens with one attached hydrogen (secondary N) is 3. The highest BCUT2D eigenvalue weighted by Gasteiger charge is 2.15. The van der Waals surface area contributed by atoms with Crippen LogP contribution in [0.5, 0.6) is 23.3 Å². The largest absolute Gasteiger partial charge is 0.493 e. The molecule has 0 aliphatic heterocycles. The number of ether oxygens (including phenoxy) is 3. The molecule has 0 bridgehead atoms. The normalized spacial score (nSPS) is 10.8. The molecule has 0 saturated heterocycles. The summed E-state index contributed by atoms with van der Waals surface area (Å²) in [5.74, 6) is 1.52. The van der Waals surface area contributed by atoms with E-state index in [1.165, 1.54) is 6.07 Å². The quantitative estimate of drug-likeness (QED) is 0.153. The van der Waals surface area contributed by atoms with E-state index in [1.807, 2.05) is 54.6 Å². The molecule has 4 aromatic carbocycles. The topological polar surface area (TPSA) is 150 Å². The summed E-state index contributed by atoms with van der Waals surface area (Å²) in [5.41, 5.74) is 1.35. The molecule has 6 aromatic rings. The molecule has 45 heavy (non-hydrogen) atoms. The number of amides is 2. The second-order valence-corrected chi connectivity index (χ2v) is 9.77. The van der Waals surface area contributed by atoms with Crippen molar-refractivity contribution in [1.82, 2.24) is 15.0 Å². The van der Waals surface area contributed by atoms with Gasteiger partial charge in [-0.1, -0.05) is 54.6 Å². The van der Waals surface area contributed by atoms with Gasteiger partial charge < -0.3 is 29.3 Å². The molecular weight excluding hydrogens is 576 g/mol. The number of rotatable bonds is 10. The number of hydrogen-bond donors (Lipinski definition) is 3. The molecule has 12 nitrogen and oxygen atoms in total. The SMILES string of the molecule is COc1ccc(CCNc2nc(NC(=O)Nc3cccc4ccccc34)nc(Oc3cc(=O)oc4ccccc34)n2)cc1OC. The molecule has 0 radical (unpaired) electrons. The van der Waals surface area contributed by atoms with E-state index in [4.69, 9.17) is 18.6 Å². The van der Waals surface area contributed by atoms with Crippen LogP contribution in [-0.2, 0) is 6.42 Å². The Morgan fingerprint density at radius 3 is 2.36 bits per heavy atom. The molecule has 2 amide bonds. The van der Waals surface area contributed by atoms with E-state index in [2.05, 4.69) is 30.9 Å². The summed E-state index contributed by atoms with van der Waals surface area (Å²) in [6.07, 6.45) is 0.594. The Bertz CT molecular complexity index is 2060. The third-order valence-electron chi connectivity index (χ3n) is 6.84. The van der Waals surface area contributed by atoms with E-state index in [0.29, 0.717) is 41.1 Å². The van der Waals surface area contributed by atoms with Gasteiger partial charge in [-0.05, 0) is 47.7 Å². The molecule has 0 aliphatic rings. The number of benzene rings is 4. The van der Waals surface area contributed by atoms with E-state index >= 15 is 0 Å². The molecule has 6 rings (SSSR count). The molecular formula is C33H28N6O6. The van der Waals surface area contributed by atoms with Crippen LogP contribution in [0, 0.1) is 0 Å². The van der Waals surface area contributed by atoms with Crippen LogP contribution in [0.3, 0.4) is 0 Å². The van der Waals surface area contributed by atoms with E-state index in [1.54, 1.807) is 44.6 Å². The Labute approximate surface area is 257 Å². The van der Waals surface area contributed by atoms with E-state index in [0.717, 1.165) is 16.3 Å². The van der Waals surface area contributed by atoms with Crippen molar-refractivity contribution >= 4 is 45.4 Å². The fourth-order valence-electron chi connectivity index (χ4n) is 4.75. The first-order valence-corrected chi connectivity index (χ1v) is 14.0. The first kappa shape index (κ1) is 28.9. The molecule has 0 unspecified atom stereocenters. The second-order valence-electron chi connectivity index (χ2n) is 9.77. The summed E-state index contributed by atoms with van der Waals surface area (Å²) in [7, 11) is 3.16. The van der Waals surface area contributed by atoms with Gasteiger partial charge in [-0.2, -0.15) is 15.0 Å². The van der Waals surface area contributed by atoms with Gasteiger partial charge in [0.1, 0.15) is 11.3 Å². The summed E-state index contributed by atoms with van der Waals surface area (Å²) < 4.78 is 22.0. The van der Waals surface area contributed by atoms with Crippen LogP contribution in [-0.4, -0.2) is 41.7 Å². The summed E-state index contributed by atoms with van der Waals surface area (Å²) >= 11 is 0. The number of carbonyl (C=O) groups is 1. The summed E-state index contributed by atoms with van der Waals surface area (Å²) in [6.45, 7) is 0.429. The fraction of sp³-hybridized carbons (Fsp3) is 0.121. The molecule has 0 saturated carbocycles. The van der Waals surface area contributed by atoms with Crippen molar-refractivity contribution in [3.63, 3.8) is 0 Å². The van der Waals surface area contributed by atoms with E-state index < -0.39 is 11.7 Å². The fourth-order valence-corrected chi connectivity index (χ4v) is 4.75. The van der Waals surface area contributed by atoms with Crippen LogP contribution in [0.25, 0.3) is 21.7 Å². The maximum absolute atomic E-state index is 13.1. The van der Waals surface area contributed by atoms with Crippen molar-refractivity contribution in [2.75, 3.05) is 36.7 Å². The molecule has 0 atom stereocenters. The number of nitrogens with zero attached hydrogens (tertiary/aromatic N) is 3. The number of anilines is 3. The molecule has 0 aliphatic carbocycles. The van der Waals surface area contributed by atoms with Gasteiger partial charge in [0.05, 0.1) is 31.4 Å². The second kappa shape index (κ2) is 13.0. The van der Waals surface area contributed by atoms with Crippen molar-refractivity contribution in [3.05, 3.63) is 107 Å². The van der Waals surface area contributed by atoms with Crippen molar-refractivity contribution in [1.29, 1.82) is 0 Å². The maximum Gasteiger partial charge on any atom is 0.339 e. The highest BCUT2D eigenvalue weighted by molar-refractivity contribution is 6.05. The van der Waals surface area contributed by atoms with Crippen molar-refractivity contribution in [3.8, 4) is 23.3 Å². The van der Waals surface area contributed by atoms with Crippen LogP contribution in [0.15, 0.2) is 100 Å². The Morgan fingerprint density at radius 1 is 0.756 bits per heavy atom. The summed E-state index contributed by atoms with van der Waals surface area (Å²) in [5, 5.41) is 11.1. The highest BCUT2D eigenvalue weighted by atomic mass is 16.5. The Balaban J connectivity index is 1.26. The molecule has 226 valence electrons. The zero-order chi connectivity index (χ0) is 31.2. The first-order chi connectivity index (χ1) is 22.0. The number of carbonyl (C=O) groups excluding carboxylic acids is 1. The molecule has 3 N–H and O–H groups in total. The van der Waals surface area contributed by atoms with Gasteiger partial charge in [-0.3, -0.25) is 5.32 Å². The Hall–Kier alpha value is -6.17. The van der Waals surface area contributed by atoms with Crippen LogP contribution in [0.1, 0.15) is 5.56 Å². The van der Waals surface area contributed by atoms with Crippen LogP contribution in [0.4, 0.5) is 22.4 Å². The lowest BCUT2D eigenvalue weighted by atomic mass is 10.1. The molecule has 12 heteroatoms. The standard InChI is InChI=1S/C33H28N6O6/c1-42-26-15-14-20(18-28(26)43-2)16-17-34-30-36-31(37-32(41)35-24-12-7-9-21-8-3-4-10-22(21)24)39-33(38-30)45-27-19-29(40)44-25-13-6-5-11-23(25)27/h3-15,18-19H,16-17H2,1-2H3,(H3,34,35,36,37,38,39,41). The monoisotopic (exact) mass is 604 g/mol. The van der Waals surface area contributed by atoms with Crippen molar-refractivity contribution in [2.24, 2.45) is 0 Å². The third kappa shape index (κ3) is 6.75. The van der Waals surface area contributed by atoms with Gasteiger partial charge in [0, 0.05) is 11.9 Å². The van der Waals surface area contributed by atoms with Crippen molar-refractivity contribution in [2.45, 2.75) is 6.42 Å². The third-order valence-corrected chi connectivity index (χ3v) is 6.84. The zero-order valence-corrected chi connectivity index (χ0v) is 24.4. The lowest BCUT2D eigenvalue weighted by Crippen LogP contribution is -2.22. The Kier molecular flexibility index (Phi) is 8.36. The average Bonchev–Trinajstić information content (AvgIpc) is 3.04. The number of fused-ring (bicyclic) bond motifs is 2. The predicted molar refractivity (Wildman–Crippen MR) is 171 cm³/mol. The van der Waals surface area contributed by atoms with Gasteiger partial charge in [0.15, 0.2) is 11.5 Å². The Morgan fingerprint density at radius 2 is 1.51 bits per heavy atom. The van der Waals surface area contributed by atoms with Gasteiger partial charge in [0.25, 0.3) is 0 Å². The molecule has 2 aromatic heterocycles. The summed E-state index contributed by atoms with van der Waals surface area (Å²) in [6, 6.07) is 26.4. The predicted octanol–water partition coefficient (Wildman–Crippen LogP) is 6.24. The lowest BCUT2D eigenvalue weighted by molar-refractivity contribution is 0.262. The molecule has 0 fully saturated rings. The first-order valence-electron chi connectivity index (χ1n) is 14.0. The highest BCUT2D eigenvalue weighted by Crippen LogP contribution is 2.29. The lowest BCUT2D eigenvalue weighted by Gasteiger charge is -2.13. The molecule has 0 spiro atoms. The smallest absolute Gasteiger partial charge is 0.339 e. The maximum atomic E-state index is 13.1. The van der Waals surface area contributed by atoms with E-state index in [9.17, 15) is 9.59 Å². The average molecular weight is 605 g/mol. The van der Waals surface area contributed by atoms with Crippen molar-refractivity contribution < 1.29 is 23.4 Å². The number of urea groups is 1. The van der Waals surface area contributed by atoms with Crippen LogP contribution >= 0.6 is 0 Å². The van der Waals surface area contributed by atoms with Crippen LogP contribution in [0.2, 0.25) is 0 Å². The minimum atomic E-state index is -0.598. The van der Waals surface area contributed by atoms with Gasteiger partial charge in [-0.25, -0.2) is 9.59 Å². The minimum Gasteiger partial charge on any atom is -0.493 e. The van der Waals surface area contributed by atoms with Gasteiger partial charge >= 0.3 is 17.7 Å². The number of methoxy groups -OCH3 is 2. The molecule has 2 heterocycles. The van der Waals surface area contributed by atoms with E-state index in [-0.39, 0.29) is 23.7 Å². The van der Waals surface area contributed by atoms with Crippen LogP contribution < -0.4 is 35.8 Å². The van der Waals surface area contributed by atoms with Gasteiger partial charge in [-0.15, -0.1) is 0 Å². The number of hydrogen-bond acceptors (Lipinski definition) is 10. The zero-order valence-electron chi connectivity index (χ0n) is 24.4. The number of para-hydroxylation sites is 1. The number of aromatic nitrogens is 3. The minimum absolute atomic E-state index is 0.0707. The summed E-state index contributed by atoms with van der Waals surface area (Å²) in [4.78, 5) is 38.4. The van der Waals surface area contributed by atoms with Gasteiger partial charge in [0.2, 0.25) is 11.9 Å².